The summed E-state index contributed by atoms with van der Waals surface area (Å²) in [6, 6.07) is -0.173. The Labute approximate surface area is 78.9 Å². The molecule has 1 fully saturated rings. The molecule has 1 N–H and O–H groups in total. The Balaban J connectivity index is 2.88. The number of hydrogen-bond acceptors (Lipinski definition) is 4. The number of piperidine rings is 1. The summed E-state index contributed by atoms with van der Waals surface area (Å²) in [6.45, 7) is 7.69. The lowest BCUT2D eigenvalue weighted by molar-refractivity contribution is -0.244. The molecule has 0 aromatic heterocycles. The minimum absolute atomic E-state index is 0.173. The van der Waals surface area contributed by atoms with Gasteiger partial charge >= 0.3 is 0 Å². The lowest BCUT2D eigenvalue weighted by Gasteiger charge is -2.49. The van der Waals surface area contributed by atoms with Crippen molar-refractivity contribution in [2.24, 2.45) is 5.18 Å². The Morgan fingerprint density at radius 3 is 1.92 bits per heavy atom. The maximum atomic E-state index is 10.5. The van der Waals surface area contributed by atoms with Crippen molar-refractivity contribution in [3.63, 3.8) is 0 Å². The van der Waals surface area contributed by atoms with Gasteiger partial charge in [-0.1, -0.05) is 5.18 Å². The number of hydroxylamine groups is 2. The van der Waals surface area contributed by atoms with E-state index in [9.17, 15) is 10.1 Å². The molecule has 4 heteroatoms. The van der Waals surface area contributed by atoms with Gasteiger partial charge in [-0.15, -0.1) is 0 Å². The van der Waals surface area contributed by atoms with Gasteiger partial charge in [0.25, 0.3) is 0 Å². The molecule has 1 rings (SSSR count). The molecular weight excluding hydrogens is 168 g/mol. The fraction of sp³-hybridized carbons (Fsp3) is 1.00. The van der Waals surface area contributed by atoms with E-state index in [1.165, 1.54) is 5.06 Å². The molecule has 0 atom stereocenters. The molecule has 13 heavy (non-hydrogen) atoms. The van der Waals surface area contributed by atoms with Crippen LogP contribution in [-0.4, -0.2) is 27.4 Å². The fourth-order valence-electron chi connectivity index (χ4n) is 2.29. The van der Waals surface area contributed by atoms with Crippen LogP contribution < -0.4 is 0 Å². The molecular formula is C9H18N2O2. The normalized spacial score (nSPS) is 28.7. The second-order valence-corrected chi connectivity index (χ2v) is 5.10. The van der Waals surface area contributed by atoms with Gasteiger partial charge in [0.05, 0.1) is 6.04 Å². The van der Waals surface area contributed by atoms with E-state index in [0.29, 0.717) is 12.8 Å². The summed E-state index contributed by atoms with van der Waals surface area (Å²) in [5.74, 6) is 0. The molecule has 0 aromatic rings. The molecule has 1 aliphatic heterocycles. The molecule has 4 nitrogen and oxygen atoms in total. The molecule has 0 aromatic carbocycles. The standard InChI is InChI=1S/C9H18N2O2/c1-8(2)5-7(10-12)6-9(3,4)11(8)13/h7,13H,5-6H2,1-4H3. The van der Waals surface area contributed by atoms with Crippen LogP contribution >= 0.6 is 0 Å². The maximum absolute atomic E-state index is 10.5. The molecule has 1 saturated heterocycles. The fourth-order valence-corrected chi connectivity index (χ4v) is 2.29. The second-order valence-electron chi connectivity index (χ2n) is 5.10. The molecule has 0 bridgehead atoms. The van der Waals surface area contributed by atoms with Crippen LogP contribution in [0.15, 0.2) is 5.18 Å². The first-order chi connectivity index (χ1) is 5.79. The summed E-state index contributed by atoms with van der Waals surface area (Å²) in [5.41, 5.74) is -0.722. The van der Waals surface area contributed by atoms with Crippen LogP contribution in [0.4, 0.5) is 0 Å². The molecule has 1 heterocycles. The Hall–Kier alpha value is -0.480. The molecule has 0 amide bonds. The van der Waals surface area contributed by atoms with Crippen LogP contribution in [-0.2, 0) is 0 Å². The van der Waals surface area contributed by atoms with Crippen LogP contribution in [0.1, 0.15) is 40.5 Å². The number of nitroso groups, excluding NO2 is 1. The Kier molecular flexibility index (Phi) is 2.47. The van der Waals surface area contributed by atoms with E-state index in [-0.39, 0.29) is 17.1 Å². The third kappa shape index (κ3) is 1.89. The summed E-state index contributed by atoms with van der Waals surface area (Å²) in [6.07, 6.45) is 1.24. The van der Waals surface area contributed by atoms with E-state index in [4.69, 9.17) is 0 Å². The van der Waals surface area contributed by atoms with Crippen molar-refractivity contribution < 1.29 is 5.21 Å². The van der Waals surface area contributed by atoms with Gasteiger partial charge in [0, 0.05) is 11.1 Å². The lowest BCUT2D eigenvalue weighted by atomic mass is 9.79. The maximum Gasteiger partial charge on any atom is 0.0956 e. The minimum atomic E-state index is -0.361. The molecule has 1 aliphatic rings. The molecule has 0 spiro atoms. The number of hydrogen-bond donors (Lipinski definition) is 1. The topological polar surface area (TPSA) is 52.9 Å². The average Bonchev–Trinajstić information content (AvgIpc) is 1.99. The highest BCUT2D eigenvalue weighted by molar-refractivity contribution is 4.98. The van der Waals surface area contributed by atoms with Gasteiger partial charge in [-0.2, -0.15) is 9.97 Å². The first-order valence-corrected chi connectivity index (χ1v) is 4.61. The van der Waals surface area contributed by atoms with Crippen molar-refractivity contribution in [2.75, 3.05) is 0 Å². The van der Waals surface area contributed by atoms with Crippen LogP contribution in [0.2, 0.25) is 0 Å². The average molecular weight is 186 g/mol. The van der Waals surface area contributed by atoms with E-state index in [1.54, 1.807) is 0 Å². The van der Waals surface area contributed by atoms with Crippen LogP contribution in [0.25, 0.3) is 0 Å². The smallest absolute Gasteiger partial charge is 0.0956 e. The predicted molar refractivity (Wildman–Crippen MR) is 50.6 cm³/mol. The van der Waals surface area contributed by atoms with Crippen molar-refractivity contribution in [1.29, 1.82) is 0 Å². The van der Waals surface area contributed by atoms with Crippen LogP contribution in [0.3, 0.4) is 0 Å². The summed E-state index contributed by atoms with van der Waals surface area (Å²) >= 11 is 0. The summed E-state index contributed by atoms with van der Waals surface area (Å²) in [7, 11) is 0. The summed E-state index contributed by atoms with van der Waals surface area (Å²) in [5, 5.41) is 14.3. The van der Waals surface area contributed by atoms with E-state index in [2.05, 4.69) is 5.18 Å². The Morgan fingerprint density at radius 1 is 1.23 bits per heavy atom. The highest BCUT2D eigenvalue weighted by Crippen LogP contribution is 2.37. The van der Waals surface area contributed by atoms with Crippen molar-refractivity contribution in [3.8, 4) is 0 Å². The zero-order valence-electron chi connectivity index (χ0n) is 8.74. The third-order valence-corrected chi connectivity index (χ3v) is 2.77. The van der Waals surface area contributed by atoms with E-state index < -0.39 is 0 Å². The van der Waals surface area contributed by atoms with Crippen molar-refractivity contribution in [1.82, 2.24) is 5.06 Å². The second kappa shape index (κ2) is 3.03. The largest absolute Gasteiger partial charge is 0.313 e. The van der Waals surface area contributed by atoms with Crippen molar-refractivity contribution in [3.05, 3.63) is 4.91 Å². The predicted octanol–water partition coefficient (Wildman–Crippen LogP) is 2.16. The Bertz CT molecular complexity index is 196. The van der Waals surface area contributed by atoms with Gasteiger partial charge in [0.15, 0.2) is 0 Å². The molecule has 0 aliphatic carbocycles. The van der Waals surface area contributed by atoms with Gasteiger partial charge in [0.1, 0.15) is 0 Å². The zero-order chi connectivity index (χ0) is 10.3. The van der Waals surface area contributed by atoms with Gasteiger partial charge in [-0.05, 0) is 40.5 Å². The van der Waals surface area contributed by atoms with Crippen molar-refractivity contribution >= 4 is 0 Å². The number of rotatable bonds is 1. The molecule has 76 valence electrons. The highest BCUT2D eigenvalue weighted by Gasteiger charge is 2.45. The number of nitrogens with zero attached hydrogens (tertiary/aromatic N) is 2. The summed E-state index contributed by atoms with van der Waals surface area (Å²) in [4.78, 5) is 10.5. The monoisotopic (exact) mass is 186 g/mol. The van der Waals surface area contributed by atoms with E-state index in [0.717, 1.165) is 0 Å². The highest BCUT2D eigenvalue weighted by atomic mass is 16.5. The van der Waals surface area contributed by atoms with E-state index in [1.807, 2.05) is 27.7 Å². The molecule has 0 unspecified atom stereocenters. The first kappa shape index (κ1) is 10.6. The molecule has 0 radical (unpaired) electrons. The van der Waals surface area contributed by atoms with E-state index >= 15 is 0 Å². The van der Waals surface area contributed by atoms with Crippen LogP contribution in [0.5, 0.6) is 0 Å². The van der Waals surface area contributed by atoms with Gasteiger partial charge in [-0.25, -0.2) is 0 Å². The van der Waals surface area contributed by atoms with Crippen molar-refractivity contribution in [2.45, 2.75) is 57.7 Å². The lowest BCUT2D eigenvalue weighted by Crippen LogP contribution is -2.59. The minimum Gasteiger partial charge on any atom is -0.313 e. The zero-order valence-corrected chi connectivity index (χ0v) is 8.74. The van der Waals surface area contributed by atoms with Crippen LogP contribution in [0, 0.1) is 4.91 Å². The first-order valence-electron chi connectivity index (χ1n) is 4.61. The SMILES string of the molecule is CC1(C)CC(N=O)CC(C)(C)N1O. The Morgan fingerprint density at radius 2 is 1.62 bits per heavy atom. The van der Waals surface area contributed by atoms with Gasteiger partial charge in [-0.3, -0.25) is 0 Å². The molecule has 0 saturated carbocycles. The quantitative estimate of drug-likeness (QED) is 0.638. The summed E-state index contributed by atoms with van der Waals surface area (Å²) < 4.78 is 0. The van der Waals surface area contributed by atoms with Gasteiger partial charge in [0.2, 0.25) is 0 Å². The van der Waals surface area contributed by atoms with Gasteiger partial charge < -0.3 is 5.21 Å². The third-order valence-electron chi connectivity index (χ3n) is 2.77.